The Labute approximate surface area is 160 Å². The second kappa shape index (κ2) is 7.70. The van der Waals surface area contributed by atoms with E-state index in [2.05, 4.69) is 0 Å². The standard InChI is InChI=1S/C20H24N2O4S/c1-15(23)22-13-11-17-14-19(8-9-20(17)22)27(24,25)21(2)12-10-16-4-6-18(26-3)7-5-16/h4-9,14H,10-13H2,1-3H3. The Morgan fingerprint density at radius 2 is 1.89 bits per heavy atom. The summed E-state index contributed by atoms with van der Waals surface area (Å²) in [5.41, 5.74) is 2.75. The molecule has 2 aromatic carbocycles. The zero-order valence-electron chi connectivity index (χ0n) is 15.8. The Bertz CT molecular complexity index is 939. The van der Waals surface area contributed by atoms with Crippen LogP contribution in [0.5, 0.6) is 5.75 Å². The number of carbonyl (C=O) groups excluding carboxylic acids is 1. The topological polar surface area (TPSA) is 66.9 Å². The summed E-state index contributed by atoms with van der Waals surface area (Å²) in [6, 6.07) is 12.6. The fraction of sp³-hybridized carbons (Fsp3) is 0.350. The number of methoxy groups -OCH3 is 1. The number of amides is 1. The molecular formula is C20H24N2O4S. The summed E-state index contributed by atoms with van der Waals surface area (Å²) in [4.78, 5) is 13.6. The largest absolute Gasteiger partial charge is 0.497 e. The van der Waals surface area contributed by atoms with Crippen LogP contribution in [0.4, 0.5) is 5.69 Å². The van der Waals surface area contributed by atoms with Gasteiger partial charge in [-0.1, -0.05) is 12.1 Å². The molecule has 7 heteroatoms. The van der Waals surface area contributed by atoms with Crippen LogP contribution < -0.4 is 9.64 Å². The smallest absolute Gasteiger partial charge is 0.242 e. The van der Waals surface area contributed by atoms with Gasteiger partial charge in [-0.05, 0) is 54.3 Å². The third-order valence-electron chi connectivity index (χ3n) is 4.91. The molecule has 0 aromatic heterocycles. The van der Waals surface area contributed by atoms with Crippen LogP contribution in [0.25, 0.3) is 0 Å². The first-order chi connectivity index (χ1) is 12.8. The van der Waals surface area contributed by atoms with E-state index in [1.165, 1.54) is 11.2 Å². The fourth-order valence-electron chi connectivity index (χ4n) is 3.24. The molecule has 0 spiro atoms. The van der Waals surface area contributed by atoms with Crippen LogP contribution in [0, 0.1) is 0 Å². The van der Waals surface area contributed by atoms with Gasteiger partial charge in [0.15, 0.2) is 0 Å². The number of fused-ring (bicyclic) bond motifs is 1. The quantitative estimate of drug-likeness (QED) is 0.762. The zero-order valence-corrected chi connectivity index (χ0v) is 16.6. The first-order valence-corrected chi connectivity index (χ1v) is 10.3. The van der Waals surface area contributed by atoms with E-state index in [9.17, 15) is 13.2 Å². The van der Waals surface area contributed by atoms with Crippen LogP contribution in [0.2, 0.25) is 0 Å². The number of anilines is 1. The molecule has 0 unspecified atom stereocenters. The van der Waals surface area contributed by atoms with E-state index in [4.69, 9.17) is 4.74 Å². The van der Waals surface area contributed by atoms with Crippen molar-refractivity contribution in [2.45, 2.75) is 24.7 Å². The molecule has 0 bridgehead atoms. The van der Waals surface area contributed by atoms with E-state index in [-0.39, 0.29) is 10.8 Å². The molecule has 0 saturated heterocycles. The normalized spacial score (nSPS) is 13.7. The van der Waals surface area contributed by atoms with Crippen molar-refractivity contribution in [3.8, 4) is 5.75 Å². The first kappa shape index (κ1) is 19.4. The highest BCUT2D eigenvalue weighted by atomic mass is 32.2. The third kappa shape index (κ3) is 3.99. The van der Waals surface area contributed by atoms with E-state index in [1.54, 1.807) is 37.3 Å². The summed E-state index contributed by atoms with van der Waals surface area (Å²) in [6.45, 7) is 2.50. The maximum Gasteiger partial charge on any atom is 0.242 e. The molecule has 1 aliphatic heterocycles. The Kier molecular flexibility index (Phi) is 5.53. The van der Waals surface area contributed by atoms with E-state index in [0.29, 0.717) is 25.9 Å². The van der Waals surface area contributed by atoms with Gasteiger partial charge in [0.1, 0.15) is 5.75 Å². The van der Waals surface area contributed by atoms with E-state index >= 15 is 0 Å². The summed E-state index contributed by atoms with van der Waals surface area (Å²) < 4.78 is 32.3. The average Bonchev–Trinajstić information content (AvgIpc) is 3.10. The SMILES string of the molecule is COc1ccc(CCN(C)S(=O)(=O)c2ccc3c(c2)CCN3C(C)=O)cc1. The highest BCUT2D eigenvalue weighted by Crippen LogP contribution is 2.31. The Hall–Kier alpha value is -2.38. The Balaban J connectivity index is 1.72. The number of ether oxygens (including phenoxy) is 1. The number of nitrogens with zero attached hydrogens (tertiary/aromatic N) is 2. The number of hydrogen-bond acceptors (Lipinski definition) is 4. The number of likely N-dealkylation sites (N-methyl/N-ethyl adjacent to an activating group) is 1. The van der Waals surface area contributed by atoms with Gasteiger partial charge in [0.2, 0.25) is 15.9 Å². The lowest BCUT2D eigenvalue weighted by Crippen LogP contribution is -2.29. The lowest BCUT2D eigenvalue weighted by molar-refractivity contribution is -0.116. The minimum atomic E-state index is -3.58. The molecule has 1 amide bonds. The molecule has 0 radical (unpaired) electrons. The van der Waals surface area contributed by atoms with Crippen molar-refractivity contribution >= 4 is 21.6 Å². The van der Waals surface area contributed by atoms with E-state index in [0.717, 1.165) is 22.6 Å². The molecule has 6 nitrogen and oxygen atoms in total. The van der Waals surface area contributed by atoms with Crippen molar-refractivity contribution < 1.29 is 17.9 Å². The van der Waals surface area contributed by atoms with Gasteiger partial charge in [0, 0.05) is 32.7 Å². The summed E-state index contributed by atoms with van der Waals surface area (Å²) in [7, 11) is -0.372. The molecular weight excluding hydrogens is 364 g/mol. The second-order valence-electron chi connectivity index (χ2n) is 6.64. The van der Waals surface area contributed by atoms with Crippen molar-refractivity contribution in [1.82, 2.24) is 4.31 Å². The molecule has 2 aromatic rings. The maximum absolute atomic E-state index is 12.9. The van der Waals surface area contributed by atoms with Crippen LogP contribution in [0.1, 0.15) is 18.1 Å². The molecule has 1 heterocycles. The molecule has 0 saturated carbocycles. The summed E-state index contributed by atoms with van der Waals surface area (Å²) in [5, 5.41) is 0. The van der Waals surface area contributed by atoms with Crippen LogP contribution in [-0.2, 0) is 27.7 Å². The Morgan fingerprint density at radius 3 is 2.52 bits per heavy atom. The summed E-state index contributed by atoms with van der Waals surface area (Å²) in [6.07, 6.45) is 1.29. The number of sulfonamides is 1. The third-order valence-corrected chi connectivity index (χ3v) is 6.76. The first-order valence-electron chi connectivity index (χ1n) is 8.83. The minimum Gasteiger partial charge on any atom is -0.497 e. The molecule has 144 valence electrons. The molecule has 27 heavy (non-hydrogen) atoms. The number of carbonyl (C=O) groups is 1. The predicted octanol–water partition coefficient (Wildman–Crippen LogP) is 2.47. The highest BCUT2D eigenvalue weighted by Gasteiger charge is 2.26. The lowest BCUT2D eigenvalue weighted by Gasteiger charge is -2.19. The molecule has 0 N–H and O–H groups in total. The van der Waals surface area contributed by atoms with Gasteiger partial charge in [0.25, 0.3) is 0 Å². The van der Waals surface area contributed by atoms with Gasteiger partial charge in [-0.2, -0.15) is 0 Å². The van der Waals surface area contributed by atoms with Gasteiger partial charge >= 0.3 is 0 Å². The molecule has 0 fully saturated rings. The van der Waals surface area contributed by atoms with Crippen molar-refractivity contribution in [1.29, 1.82) is 0 Å². The van der Waals surface area contributed by atoms with Crippen LogP contribution in [0.3, 0.4) is 0 Å². The molecule has 3 rings (SSSR count). The van der Waals surface area contributed by atoms with Crippen LogP contribution in [-0.4, -0.2) is 45.9 Å². The molecule has 0 atom stereocenters. The highest BCUT2D eigenvalue weighted by molar-refractivity contribution is 7.89. The monoisotopic (exact) mass is 388 g/mol. The van der Waals surface area contributed by atoms with Gasteiger partial charge in [-0.3, -0.25) is 4.79 Å². The fourth-order valence-corrected chi connectivity index (χ4v) is 4.47. The van der Waals surface area contributed by atoms with Crippen molar-refractivity contribution in [2.24, 2.45) is 0 Å². The molecule has 0 aliphatic carbocycles. The van der Waals surface area contributed by atoms with Crippen LogP contribution in [0.15, 0.2) is 47.4 Å². The van der Waals surface area contributed by atoms with Crippen molar-refractivity contribution in [3.63, 3.8) is 0 Å². The summed E-state index contributed by atoms with van der Waals surface area (Å²) >= 11 is 0. The number of rotatable bonds is 6. The maximum atomic E-state index is 12.9. The Morgan fingerprint density at radius 1 is 1.19 bits per heavy atom. The second-order valence-corrected chi connectivity index (χ2v) is 8.68. The summed E-state index contributed by atoms with van der Waals surface area (Å²) in [5.74, 6) is 0.749. The predicted molar refractivity (Wildman–Crippen MR) is 105 cm³/mol. The van der Waals surface area contributed by atoms with Crippen molar-refractivity contribution in [3.05, 3.63) is 53.6 Å². The van der Waals surface area contributed by atoms with Crippen LogP contribution >= 0.6 is 0 Å². The van der Waals surface area contributed by atoms with Gasteiger partial charge < -0.3 is 9.64 Å². The molecule has 1 aliphatic rings. The van der Waals surface area contributed by atoms with Gasteiger partial charge in [-0.25, -0.2) is 12.7 Å². The zero-order chi connectivity index (χ0) is 19.6. The van der Waals surface area contributed by atoms with E-state index in [1.807, 2.05) is 24.3 Å². The average molecular weight is 388 g/mol. The van der Waals surface area contributed by atoms with Gasteiger partial charge in [0.05, 0.1) is 12.0 Å². The number of benzene rings is 2. The van der Waals surface area contributed by atoms with Crippen molar-refractivity contribution in [2.75, 3.05) is 32.1 Å². The van der Waals surface area contributed by atoms with Gasteiger partial charge in [-0.15, -0.1) is 0 Å². The lowest BCUT2D eigenvalue weighted by atomic mass is 10.1. The minimum absolute atomic E-state index is 0.0269. The van der Waals surface area contributed by atoms with E-state index < -0.39 is 10.0 Å². The number of hydrogen-bond donors (Lipinski definition) is 0.